The summed E-state index contributed by atoms with van der Waals surface area (Å²) < 4.78 is 50.7. The monoisotopic (exact) mass is 399 g/mol. The number of sulfone groups is 1. The minimum Gasteiger partial charge on any atom is -0.319 e. The van der Waals surface area contributed by atoms with Crippen LogP contribution < -0.4 is 5.32 Å². The number of hydrogen-bond acceptors (Lipinski definition) is 4. The van der Waals surface area contributed by atoms with E-state index < -0.39 is 22.2 Å². The lowest BCUT2D eigenvalue weighted by Gasteiger charge is -2.08. The van der Waals surface area contributed by atoms with Crippen molar-refractivity contribution in [2.75, 3.05) is 11.6 Å². The Bertz CT molecular complexity index is 1110. The molecule has 0 aliphatic rings. The molecule has 0 aliphatic carbocycles. The first-order valence-corrected chi connectivity index (χ1v) is 9.51. The number of fused-ring (bicyclic) bond motifs is 1. The van der Waals surface area contributed by atoms with Gasteiger partial charge in [-0.1, -0.05) is 23.7 Å². The van der Waals surface area contributed by atoms with Gasteiger partial charge in [-0.2, -0.15) is 0 Å². The van der Waals surface area contributed by atoms with Crippen molar-refractivity contribution in [3.63, 3.8) is 0 Å². The van der Waals surface area contributed by atoms with Crippen LogP contribution in [-0.2, 0) is 9.84 Å². The number of carbonyl (C=O) groups is 1. The van der Waals surface area contributed by atoms with Gasteiger partial charge in [0.15, 0.2) is 5.69 Å². The highest BCUT2D eigenvalue weighted by Crippen LogP contribution is 2.29. The Kier molecular flexibility index (Phi) is 4.68. The zero-order valence-electron chi connectivity index (χ0n) is 13.3. The van der Waals surface area contributed by atoms with Gasteiger partial charge in [0.1, 0.15) is 0 Å². The largest absolute Gasteiger partial charge is 0.319 e. The molecule has 0 fully saturated rings. The predicted molar refractivity (Wildman–Crippen MR) is 92.7 cm³/mol. The number of nitrogens with one attached hydrogen (secondary N) is 1. The first kappa shape index (κ1) is 18.3. The van der Waals surface area contributed by atoms with Gasteiger partial charge in [-0.25, -0.2) is 22.2 Å². The summed E-state index contributed by atoms with van der Waals surface area (Å²) in [4.78, 5) is 16.5. The molecule has 6 nitrogen and oxygen atoms in total. The zero-order valence-corrected chi connectivity index (χ0v) is 14.9. The van der Waals surface area contributed by atoms with Gasteiger partial charge >= 0.3 is 0 Å². The van der Waals surface area contributed by atoms with Crippen LogP contribution in [0.5, 0.6) is 0 Å². The van der Waals surface area contributed by atoms with Gasteiger partial charge in [-0.3, -0.25) is 9.20 Å². The average Bonchev–Trinajstić information content (AvgIpc) is 2.96. The first-order valence-electron chi connectivity index (χ1n) is 7.24. The molecule has 2 aromatic heterocycles. The van der Waals surface area contributed by atoms with E-state index in [9.17, 15) is 22.0 Å². The molecule has 1 amide bonds. The van der Waals surface area contributed by atoms with Gasteiger partial charge in [-0.15, -0.1) is 0 Å². The van der Waals surface area contributed by atoms with Gasteiger partial charge in [0.2, 0.25) is 15.0 Å². The third kappa shape index (κ3) is 3.40. The second-order valence-electron chi connectivity index (χ2n) is 5.47. The molecule has 1 N–H and O–H groups in total. The summed E-state index contributed by atoms with van der Waals surface area (Å²) >= 11 is 5.95. The van der Waals surface area contributed by atoms with Crippen LogP contribution in [0, 0.1) is 0 Å². The van der Waals surface area contributed by atoms with Crippen molar-refractivity contribution < 1.29 is 22.0 Å². The number of nitrogens with zero attached hydrogens (tertiary/aromatic N) is 2. The standard InChI is InChI=1S/C16H12ClF2N3O3S/c1-26(24,25)16-21-13(12-4-2-3-7-22(12)16)15(23)20-11-8-9(14(18)19)5-6-10(11)17/h2-8,14H,1H3,(H,20,23). The summed E-state index contributed by atoms with van der Waals surface area (Å²) in [5.41, 5.74) is -0.236. The lowest BCUT2D eigenvalue weighted by molar-refractivity contribution is 0.102. The topological polar surface area (TPSA) is 80.5 Å². The van der Waals surface area contributed by atoms with Crippen molar-refractivity contribution in [2.45, 2.75) is 11.6 Å². The van der Waals surface area contributed by atoms with Crippen molar-refractivity contribution in [3.05, 3.63) is 58.9 Å². The summed E-state index contributed by atoms with van der Waals surface area (Å²) in [6.45, 7) is 0. The Morgan fingerprint density at radius 1 is 1.27 bits per heavy atom. The van der Waals surface area contributed by atoms with Crippen molar-refractivity contribution in [1.82, 2.24) is 9.38 Å². The second kappa shape index (κ2) is 6.65. The van der Waals surface area contributed by atoms with Crippen molar-refractivity contribution in [1.29, 1.82) is 0 Å². The number of carbonyl (C=O) groups excluding carboxylic acids is 1. The van der Waals surface area contributed by atoms with E-state index in [-0.39, 0.29) is 32.6 Å². The van der Waals surface area contributed by atoms with E-state index >= 15 is 0 Å². The summed E-state index contributed by atoms with van der Waals surface area (Å²) in [6.07, 6.45) is -0.299. The van der Waals surface area contributed by atoms with E-state index in [0.29, 0.717) is 0 Å². The van der Waals surface area contributed by atoms with E-state index in [1.165, 1.54) is 22.7 Å². The van der Waals surface area contributed by atoms with Crippen molar-refractivity contribution in [2.24, 2.45) is 0 Å². The van der Waals surface area contributed by atoms with Crippen LogP contribution in [0.1, 0.15) is 22.5 Å². The Morgan fingerprint density at radius 3 is 2.65 bits per heavy atom. The molecule has 0 unspecified atom stereocenters. The van der Waals surface area contributed by atoms with Crippen LogP contribution in [0.25, 0.3) is 5.52 Å². The number of alkyl halides is 2. The van der Waals surface area contributed by atoms with Crippen molar-refractivity contribution in [3.8, 4) is 0 Å². The predicted octanol–water partition coefficient (Wildman–Crippen LogP) is 3.58. The molecule has 0 saturated heterocycles. The van der Waals surface area contributed by atoms with E-state index in [1.807, 2.05) is 0 Å². The maximum absolute atomic E-state index is 12.8. The first-order chi connectivity index (χ1) is 12.2. The molecule has 1 aromatic carbocycles. The SMILES string of the molecule is CS(=O)(=O)c1nc(C(=O)Nc2cc(C(F)F)ccc2Cl)c2ccccn12. The highest BCUT2D eigenvalue weighted by atomic mass is 35.5. The molecule has 0 saturated carbocycles. The fourth-order valence-electron chi connectivity index (χ4n) is 2.39. The number of rotatable bonds is 4. The molecular formula is C16H12ClF2N3O3S. The Labute approximate surface area is 152 Å². The Balaban J connectivity index is 2.06. The van der Waals surface area contributed by atoms with Gasteiger partial charge < -0.3 is 5.32 Å². The highest BCUT2D eigenvalue weighted by molar-refractivity contribution is 7.90. The van der Waals surface area contributed by atoms with Gasteiger partial charge in [-0.05, 0) is 24.3 Å². The second-order valence-corrected chi connectivity index (χ2v) is 7.78. The minimum atomic E-state index is -3.69. The summed E-state index contributed by atoms with van der Waals surface area (Å²) in [7, 11) is -3.69. The van der Waals surface area contributed by atoms with Crippen LogP contribution in [0.3, 0.4) is 0 Å². The van der Waals surface area contributed by atoms with E-state index in [1.54, 1.807) is 12.1 Å². The van der Waals surface area contributed by atoms with Crippen LogP contribution in [0.4, 0.5) is 14.5 Å². The van der Waals surface area contributed by atoms with Crippen LogP contribution in [0.2, 0.25) is 5.02 Å². The number of imidazole rings is 1. The van der Waals surface area contributed by atoms with Crippen LogP contribution >= 0.6 is 11.6 Å². The quantitative estimate of drug-likeness (QED) is 0.727. The lowest BCUT2D eigenvalue weighted by atomic mass is 10.2. The Morgan fingerprint density at radius 2 is 2.00 bits per heavy atom. The molecule has 0 spiro atoms. The number of aromatic nitrogens is 2. The zero-order chi connectivity index (χ0) is 19.1. The molecule has 136 valence electrons. The van der Waals surface area contributed by atoms with Crippen LogP contribution in [-0.4, -0.2) is 30.0 Å². The molecule has 0 aliphatic heterocycles. The third-order valence-corrected chi connectivity index (χ3v) is 4.83. The van der Waals surface area contributed by atoms with E-state index in [2.05, 4.69) is 10.3 Å². The molecule has 0 radical (unpaired) electrons. The lowest BCUT2D eigenvalue weighted by Crippen LogP contribution is -2.13. The van der Waals surface area contributed by atoms with Gasteiger partial charge in [0, 0.05) is 18.0 Å². The number of halogens is 3. The number of pyridine rings is 1. The minimum absolute atomic E-state index is 0.0209. The maximum atomic E-state index is 12.8. The van der Waals surface area contributed by atoms with Gasteiger partial charge in [0.05, 0.1) is 16.2 Å². The molecule has 2 heterocycles. The highest BCUT2D eigenvalue weighted by Gasteiger charge is 2.23. The molecular weight excluding hydrogens is 388 g/mol. The fraction of sp³-hybridized carbons (Fsp3) is 0.125. The molecule has 10 heteroatoms. The number of hydrogen-bond donors (Lipinski definition) is 1. The molecule has 26 heavy (non-hydrogen) atoms. The molecule has 0 atom stereocenters. The average molecular weight is 400 g/mol. The molecule has 3 rings (SSSR count). The normalized spacial score (nSPS) is 11.9. The summed E-state index contributed by atoms with van der Waals surface area (Å²) in [5.74, 6) is -0.767. The van der Waals surface area contributed by atoms with Crippen molar-refractivity contribution >= 4 is 38.5 Å². The summed E-state index contributed by atoms with van der Waals surface area (Å²) in [6, 6.07) is 8.18. The Hall–Kier alpha value is -2.52. The fourth-order valence-corrected chi connectivity index (χ4v) is 3.33. The van der Waals surface area contributed by atoms with Crippen LogP contribution in [0.15, 0.2) is 47.8 Å². The van der Waals surface area contributed by atoms with E-state index in [0.717, 1.165) is 18.4 Å². The smallest absolute Gasteiger partial charge is 0.276 e. The van der Waals surface area contributed by atoms with E-state index in [4.69, 9.17) is 11.6 Å². The van der Waals surface area contributed by atoms with Gasteiger partial charge in [0.25, 0.3) is 12.3 Å². The number of benzene rings is 1. The number of amides is 1. The summed E-state index contributed by atoms with van der Waals surface area (Å²) in [5, 5.41) is 2.17. The third-order valence-electron chi connectivity index (χ3n) is 3.55. The molecule has 3 aromatic rings. The maximum Gasteiger partial charge on any atom is 0.276 e. The molecule has 0 bridgehead atoms. The number of anilines is 1.